The van der Waals surface area contributed by atoms with Crippen LogP contribution in [-0.4, -0.2) is 5.91 Å². The van der Waals surface area contributed by atoms with Gasteiger partial charge in [-0.15, -0.1) is 11.3 Å². The number of aryl methyl sites for hydroxylation is 1. The topological polar surface area (TPSA) is 55.1 Å². The molecule has 0 aliphatic heterocycles. The summed E-state index contributed by atoms with van der Waals surface area (Å²) in [5.41, 5.74) is 8.26. The van der Waals surface area contributed by atoms with Gasteiger partial charge in [0.05, 0.1) is 10.6 Å². The Bertz CT molecular complexity index is 605. The molecule has 0 atom stereocenters. The molecule has 3 nitrogen and oxygen atoms in total. The van der Waals surface area contributed by atoms with Gasteiger partial charge in [-0.05, 0) is 43.2 Å². The molecule has 0 radical (unpaired) electrons. The third kappa shape index (κ3) is 2.91. The van der Waals surface area contributed by atoms with Crippen LogP contribution >= 0.6 is 22.9 Å². The fraction of sp³-hybridized carbons (Fsp3) is 0.214. The molecule has 1 aromatic carbocycles. The Morgan fingerprint density at radius 3 is 2.58 bits per heavy atom. The number of halogens is 1. The summed E-state index contributed by atoms with van der Waals surface area (Å²) in [5, 5.41) is 4.05. The van der Waals surface area contributed by atoms with Crippen molar-refractivity contribution in [2.45, 2.75) is 20.3 Å². The average molecular weight is 295 g/mol. The molecular formula is C14H15ClN2OS. The van der Waals surface area contributed by atoms with Crippen molar-refractivity contribution < 1.29 is 4.79 Å². The van der Waals surface area contributed by atoms with Crippen molar-refractivity contribution >= 4 is 39.5 Å². The Morgan fingerprint density at radius 1 is 1.37 bits per heavy atom. The number of hydrogen-bond donors (Lipinski definition) is 2. The molecule has 3 N–H and O–H groups in total. The maximum atomic E-state index is 12.3. The molecule has 1 heterocycles. The van der Waals surface area contributed by atoms with Crippen molar-refractivity contribution in [1.82, 2.24) is 0 Å². The predicted molar refractivity (Wildman–Crippen MR) is 82.3 cm³/mol. The molecule has 0 aliphatic rings. The summed E-state index contributed by atoms with van der Waals surface area (Å²) in [7, 11) is 0. The number of nitrogens with two attached hydrogens (primary N) is 1. The van der Waals surface area contributed by atoms with Gasteiger partial charge in [-0.1, -0.05) is 18.5 Å². The van der Waals surface area contributed by atoms with E-state index in [0.717, 1.165) is 16.9 Å². The van der Waals surface area contributed by atoms with Gasteiger partial charge < -0.3 is 11.1 Å². The maximum Gasteiger partial charge on any atom is 0.258 e. The molecule has 0 fully saturated rings. The number of benzene rings is 1. The van der Waals surface area contributed by atoms with E-state index in [1.807, 2.05) is 13.8 Å². The summed E-state index contributed by atoms with van der Waals surface area (Å²) in [6.07, 6.45) is 0.795. The highest BCUT2D eigenvalue weighted by Gasteiger charge is 2.19. The van der Waals surface area contributed by atoms with Crippen LogP contribution in [0.2, 0.25) is 5.02 Å². The smallest absolute Gasteiger partial charge is 0.258 e. The van der Waals surface area contributed by atoms with Crippen molar-refractivity contribution in [3.8, 4) is 0 Å². The quantitative estimate of drug-likeness (QED) is 0.895. The molecular weight excluding hydrogens is 280 g/mol. The molecule has 19 heavy (non-hydrogen) atoms. The van der Waals surface area contributed by atoms with Crippen LogP contribution in [-0.2, 0) is 6.42 Å². The lowest BCUT2D eigenvalue weighted by Gasteiger charge is -2.07. The first-order chi connectivity index (χ1) is 9.02. The number of nitrogen functional groups attached to an aromatic ring is 1. The van der Waals surface area contributed by atoms with Gasteiger partial charge in [0.15, 0.2) is 0 Å². The molecule has 0 spiro atoms. The van der Waals surface area contributed by atoms with Crippen LogP contribution in [0.5, 0.6) is 0 Å². The minimum absolute atomic E-state index is 0.166. The molecule has 100 valence electrons. The zero-order valence-electron chi connectivity index (χ0n) is 10.8. The van der Waals surface area contributed by atoms with Gasteiger partial charge in [0.25, 0.3) is 5.91 Å². The first-order valence-corrected chi connectivity index (χ1v) is 7.17. The van der Waals surface area contributed by atoms with E-state index >= 15 is 0 Å². The van der Waals surface area contributed by atoms with Crippen molar-refractivity contribution in [2.75, 3.05) is 11.1 Å². The molecule has 2 rings (SSSR count). The number of hydrogen-bond acceptors (Lipinski definition) is 3. The molecule has 0 saturated carbocycles. The Kier molecular flexibility index (Phi) is 4.12. The van der Waals surface area contributed by atoms with Crippen LogP contribution in [0.4, 0.5) is 10.7 Å². The normalized spacial score (nSPS) is 10.5. The summed E-state index contributed by atoms with van der Waals surface area (Å²) >= 11 is 7.27. The number of amides is 1. The van der Waals surface area contributed by atoms with Crippen LogP contribution in [0.25, 0.3) is 0 Å². The summed E-state index contributed by atoms with van der Waals surface area (Å²) in [6.45, 7) is 4.01. The highest BCUT2D eigenvalue weighted by molar-refractivity contribution is 7.16. The Morgan fingerprint density at radius 2 is 2.00 bits per heavy atom. The molecule has 1 amide bonds. The molecule has 1 aromatic heterocycles. The molecule has 0 unspecified atom stereocenters. The number of anilines is 2. The van der Waals surface area contributed by atoms with Gasteiger partial charge in [0.2, 0.25) is 0 Å². The van der Waals surface area contributed by atoms with Crippen LogP contribution in [0.1, 0.15) is 27.7 Å². The van der Waals surface area contributed by atoms with Crippen LogP contribution in [0, 0.1) is 6.92 Å². The zero-order valence-corrected chi connectivity index (χ0v) is 12.4. The van der Waals surface area contributed by atoms with Crippen LogP contribution < -0.4 is 11.1 Å². The highest BCUT2D eigenvalue weighted by Crippen LogP contribution is 2.31. The zero-order chi connectivity index (χ0) is 14.0. The SMILES string of the molecule is CCc1c(C)sc(N)c1C(=O)Nc1ccc(Cl)cc1. The van der Waals surface area contributed by atoms with Crippen LogP contribution in [0.3, 0.4) is 0 Å². The lowest BCUT2D eigenvalue weighted by molar-refractivity contribution is 0.102. The number of rotatable bonds is 3. The van der Waals surface area contributed by atoms with E-state index in [0.29, 0.717) is 21.3 Å². The number of nitrogens with one attached hydrogen (secondary N) is 1. The van der Waals surface area contributed by atoms with Crippen molar-refractivity contribution in [3.05, 3.63) is 45.3 Å². The summed E-state index contributed by atoms with van der Waals surface area (Å²) < 4.78 is 0. The van der Waals surface area contributed by atoms with E-state index < -0.39 is 0 Å². The summed E-state index contributed by atoms with van der Waals surface area (Å²) in [5.74, 6) is -0.166. The van der Waals surface area contributed by atoms with Gasteiger partial charge >= 0.3 is 0 Å². The third-order valence-electron chi connectivity index (χ3n) is 2.92. The minimum atomic E-state index is -0.166. The van der Waals surface area contributed by atoms with Gasteiger partial charge in [0, 0.05) is 15.6 Å². The van der Waals surface area contributed by atoms with E-state index in [1.165, 1.54) is 11.3 Å². The summed E-state index contributed by atoms with van der Waals surface area (Å²) in [4.78, 5) is 13.4. The largest absolute Gasteiger partial charge is 0.390 e. The summed E-state index contributed by atoms with van der Waals surface area (Å²) in [6, 6.07) is 7.00. The maximum absolute atomic E-state index is 12.3. The van der Waals surface area contributed by atoms with Gasteiger partial charge in [-0.2, -0.15) is 0 Å². The lowest BCUT2D eigenvalue weighted by atomic mass is 10.1. The first-order valence-electron chi connectivity index (χ1n) is 5.97. The first kappa shape index (κ1) is 13.9. The highest BCUT2D eigenvalue weighted by atomic mass is 35.5. The predicted octanol–water partition coefficient (Wildman–Crippen LogP) is 4.11. The van der Waals surface area contributed by atoms with E-state index in [-0.39, 0.29) is 5.91 Å². The van der Waals surface area contributed by atoms with E-state index in [2.05, 4.69) is 5.32 Å². The second kappa shape index (κ2) is 5.63. The molecule has 2 aromatic rings. The second-order valence-corrected chi connectivity index (χ2v) is 5.88. The second-order valence-electron chi connectivity index (χ2n) is 4.19. The van der Waals surface area contributed by atoms with Crippen molar-refractivity contribution in [1.29, 1.82) is 0 Å². The average Bonchev–Trinajstić information content (AvgIpc) is 2.66. The molecule has 0 aliphatic carbocycles. The number of thiophene rings is 1. The van der Waals surface area contributed by atoms with Crippen molar-refractivity contribution in [2.24, 2.45) is 0 Å². The third-order valence-corrected chi connectivity index (χ3v) is 4.15. The van der Waals surface area contributed by atoms with Crippen molar-refractivity contribution in [3.63, 3.8) is 0 Å². The Balaban J connectivity index is 2.27. The lowest BCUT2D eigenvalue weighted by Crippen LogP contribution is -2.14. The van der Waals surface area contributed by atoms with Crippen LogP contribution in [0.15, 0.2) is 24.3 Å². The van der Waals surface area contributed by atoms with Gasteiger partial charge in [0.1, 0.15) is 0 Å². The van der Waals surface area contributed by atoms with E-state index in [4.69, 9.17) is 17.3 Å². The Labute approximate surface area is 121 Å². The monoisotopic (exact) mass is 294 g/mol. The standard InChI is InChI=1S/C14H15ClN2OS/c1-3-11-8(2)19-13(16)12(11)14(18)17-10-6-4-9(15)5-7-10/h4-7H,3,16H2,1-2H3,(H,17,18). The van der Waals surface area contributed by atoms with E-state index in [1.54, 1.807) is 24.3 Å². The van der Waals surface area contributed by atoms with Gasteiger partial charge in [-0.25, -0.2) is 0 Å². The fourth-order valence-corrected chi connectivity index (χ4v) is 3.15. The number of carbonyl (C=O) groups is 1. The molecule has 5 heteroatoms. The minimum Gasteiger partial charge on any atom is -0.390 e. The Hall–Kier alpha value is -1.52. The van der Waals surface area contributed by atoms with Gasteiger partial charge in [-0.3, -0.25) is 4.79 Å². The number of carbonyl (C=O) groups excluding carboxylic acids is 1. The fourth-order valence-electron chi connectivity index (χ4n) is 2.00. The van der Waals surface area contributed by atoms with E-state index in [9.17, 15) is 4.79 Å². The molecule has 0 bridgehead atoms. The molecule has 0 saturated heterocycles.